The second kappa shape index (κ2) is 8.34. The van der Waals surface area contributed by atoms with Crippen molar-refractivity contribution in [2.45, 2.75) is 39.7 Å². The van der Waals surface area contributed by atoms with Crippen LogP contribution in [0.5, 0.6) is 0 Å². The number of rotatable bonds is 8. The van der Waals surface area contributed by atoms with Crippen molar-refractivity contribution in [2.75, 3.05) is 11.9 Å². The zero-order valence-electron chi connectivity index (χ0n) is 12.7. The lowest BCUT2D eigenvalue weighted by Gasteiger charge is -2.18. The summed E-state index contributed by atoms with van der Waals surface area (Å²) in [4.78, 5) is 10.6. The molecule has 0 spiro atoms. The Morgan fingerprint density at radius 2 is 2.00 bits per heavy atom. The van der Waals surface area contributed by atoms with Crippen molar-refractivity contribution in [3.05, 3.63) is 32.8 Å². The highest BCUT2D eigenvalue weighted by Crippen LogP contribution is 2.28. The van der Waals surface area contributed by atoms with Gasteiger partial charge in [0.1, 0.15) is 5.69 Å². The normalized spacial score (nSPS) is 14.0. The summed E-state index contributed by atoms with van der Waals surface area (Å²) in [6.45, 7) is 6.71. The minimum Gasteiger partial charge on any atom is -0.393 e. The summed E-state index contributed by atoms with van der Waals surface area (Å²) in [7, 11) is 0. The van der Waals surface area contributed by atoms with Gasteiger partial charge in [-0.1, -0.05) is 36.7 Å². The number of halogens is 1. The van der Waals surface area contributed by atoms with Crippen molar-refractivity contribution in [1.29, 1.82) is 0 Å². The lowest BCUT2D eigenvalue weighted by Crippen LogP contribution is -2.18. The smallest absolute Gasteiger partial charge is 0.292 e. The molecule has 1 aromatic carbocycles. The summed E-state index contributed by atoms with van der Waals surface area (Å²) in [5.74, 6) is 0.591. The molecular formula is C15H23BrN2O3. The van der Waals surface area contributed by atoms with E-state index in [2.05, 4.69) is 28.2 Å². The van der Waals surface area contributed by atoms with E-state index in [0.29, 0.717) is 18.2 Å². The van der Waals surface area contributed by atoms with Crippen LogP contribution in [0, 0.1) is 22.0 Å². The third kappa shape index (κ3) is 6.01. The number of nitrogens with zero attached hydrogens (tertiary/aromatic N) is 1. The fraction of sp³-hybridized carbons (Fsp3) is 0.600. The third-order valence-corrected chi connectivity index (χ3v) is 4.01. The molecule has 118 valence electrons. The van der Waals surface area contributed by atoms with Gasteiger partial charge in [0.25, 0.3) is 5.69 Å². The van der Waals surface area contributed by atoms with E-state index in [1.54, 1.807) is 12.1 Å². The molecule has 0 bridgehead atoms. The van der Waals surface area contributed by atoms with E-state index >= 15 is 0 Å². The summed E-state index contributed by atoms with van der Waals surface area (Å²) >= 11 is 3.32. The lowest BCUT2D eigenvalue weighted by atomic mass is 9.97. The first-order valence-electron chi connectivity index (χ1n) is 7.17. The number of aliphatic hydroxyl groups excluding tert-OH is 1. The first kappa shape index (κ1) is 17.9. The van der Waals surface area contributed by atoms with Crippen LogP contribution in [-0.2, 0) is 0 Å². The monoisotopic (exact) mass is 358 g/mol. The summed E-state index contributed by atoms with van der Waals surface area (Å²) in [6.07, 6.45) is 1.35. The number of hydrogen-bond acceptors (Lipinski definition) is 4. The molecule has 0 amide bonds. The maximum Gasteiger partial charge on any atom is 0.292 e. The Morgan fingerprint density at radius 1 is 1.33 bits per heavy atom. The van der Waals surface area contributed by atoms with Crippen LogP contribution in [0.25, 0.3) is 0 Å². The highest BCUT2D eigenvalue weighted by molar-refractivity contribution is 9.10. The third-order valence-electron chi connectivity index (χ3n) is 3.52. The second-order valence-corrected chi connectivity index (χ2v) is 6.71. The molecule has 1 unspecified atom stereocenters. The van der Waals surface area contributed by atoms with E-state index in [1.165, 1.54) is 6.07 Å². The number of anilines is 1. The Labute approximate surface area is 134 Å². The van der Waals surface area contributed by atoms with Crippen LogP contribution < -0.4 is 5.32 Å². The van der Waals surface area contributed by atoms with Crippen molar-refractivity contribution < 1.29 is 10.0 Å². The predicted molar refractivity (Wildman–Crippen MR) is 88.5 cm³/mol. The van der Waals surface area contributed by atoms with E-state index in [9.17, 15) is 15.2 Å². The van der Waals surface area contributed by atoms with Crippen LogP contribution >= 0.6 is 15.9 Å². The van der Waals surface area contributed by atoms with Gasteiger partial charge in [0.2, 0.25) is 0 Å². The van der Waals surface area contributed by atoms with Crippen LogP contribution in [0.15, 0.2) is 22.7 Å². The van der Waals surface area contributed by atoms with Crippen molar-refractivity contribution in [3.63, 3.8) is 0 Å². The van der Waals surface area contributed by atoms with Crippen molar-refractivity contribution in [2.24, 2.45) is 11.8 Å². The van der Waals surface area contributed by atoms with Gasteiger partial charge in [0.05, 0.1) is 11.0 Å². The fourth-order valence-corrected chi connectivity index (χ4v) is 2.35. The minimum atomic E-state index is -0.387. The van der Waals surface area contributed by atoms with Crippen molar-refractivity contribution >= 4 is 27.3 Å². The Hall–Kier alpha value is -1.14. The van der Waals surface area contributed by atoms with Gasteiger partial charge in [-0.2, -0.15) is 0 Å². The standard InChI is InChI=1S/C15H23BrN2O3/c1-10(2)15(19)7-4-11(3)9-17-13-8-12(16)5-6-14(13)18(20)21/h5-6,8,10-11,15,17,19H,4,7,9H2,1-3H3/t11-,15?/m1/s1. The molecule has 0 saturated carbocycles. The Morgan fingerprint density at radius 3 is 2.57 bits per heavy atom. The molecule has 0 radical (unpaired) electrons. The molecular weight excluding hydrogens is 336 g/mol. The zero-order valence-corrected chi connectivity index (χ0v) is 14.3. The van der Waals surface area contributed by atoms with Gasteiger partial charge < -0.3 is 10.4 Å². The molecule has 0 heterocycles. The fourth-order valence-electron chi connectivity index (χ4n) is 1.98. The molecule has 0 fully saturated rings. The van der Waals surface area contributed by atoms with Gasteiger partial charge in [0.15, 0.2) is 0 Å². The SMILES string of the molecule is CC(C)C(O)CC[C@@H](C)CNc1cc(Br)ccc1[N+](=O)[O-]. The van der Waals surface area contributed by atoms with Crippen LogP contribution in [0.3, 0.4) is 0 Å². The lowest BCUT2D eigenvalue weighted by molar-refractivity contribution is -0.384. The summed E-state index contributed by atoms with van der Waals surface area (Å²) in [5, 5.41) is 23.9. The molecule has 0 saturated heterocycles. The highest BCUT2D eigenvalue weighted by atomic mass is 79.9. The largest absolute Gasteiger partial charge is 0.393 e. The van der Waals surface area contributed by atoms with Crippen LogP contribution in [-0.4, -0.2) is 22.7 Å². The first-order valence-corrected chi connectivity index (χ1v) is 7.96. The van der Waals surface area contributed by atoms with Gasteiger partial charge in [-0.05, 0) is 36.8 Å². The molecule has 1 aromatic rings. The average molecular weight is 359 g/mol. The molecule has 6 heteroatoms. The van der Waals surface area contributed by atoms with Crippen LogP contribution in [0.1, 0.15) is 33.6 Å². The average Bonchev–Trinajstić information content (AvgIpc) is 2.41. The molecule has 2 N–H and O–H groups in total. The highest BCUT2D eigenvalue weighted by Gasteiger charge is 2.15. The molecule has 0 aliphatic carbocycles. The first-order chi connectivity index (χ1) is 9.81. The molecule has 0 aliphatic rings. The number of hydrogen-bond donors (Lipinski definition) is 2. The Kier molecular flexibility index (Phi) is 7.11. The van der Waals surface area contributed by atoms with Crippen molar-refractivity contribution in [3.8, 4) is 0 Å². The van der Waals surface area contributed by atoms with Gasteiger partial charge in [-0.25, -0.2) is 0 Å². The minimum absolute atomic E-state index is 0.0765. The van der Waals surface area contributed by atoms with Gasteiger partial charge in [-0.3, -0.25) is 10.1 Å². The predicted octanol–water partition coefficient (Wildman–Crippen LogP) is 4.20. The summed E-state index contributed by atoms with van der Waals surface area (Å²) < 4.78 is 0.804. The van der Waals surface area contributed by atoms with Gasteiger partial charge >= 0.3 is 0 Å². The number of nitrogens with one attached hydrogen (secondary N) is 1. The summed E-state index contributed by atoms with van der Waals surface area (Å²) in [5.41, 5.74) is 0.596. The molecule has 2 atom stereocenters. The molecule has 0 aliphatic heterocycles. The maximum atomic E-state index is 11.0. The van der Waals surface area contributed by atoms with Crippen LogP contribution in [0.4, 0.5) is 11.4 Å². The molecule has 1 rings (SSSR count). The topological polar surface area (TPSA) is 75.4 Å². The van der Waals surface area contributed by atoms with Gasteiger partial charge in [-0.15, -0.1) is 0 Å². The van der Waals surface area contributed by atoms with Crippen molar-refractivity contribution in [1.82, 2.24) is 0 Å². The number of nitro groups is 1. The number of aliphatic hydroxyl groups is 1. The van der Waals surface area contributed by atoms with E-state index < -0.39 is 0 Å². The van der Waals surface area contributed by atoms with E-state index in [1.807, 2.05) is 13.8 Å². The van der Waals surface area contributed by atoms with E-state index in [-0.39, 0.29) is 22.6 Å². The Balaban J connectivity index is 2.55. The van der Waals surface area contributed by atoms with E-state index in [4.69, 9.17) is 0 Å². The second-order valence-electron chi connectivity index (χ2n) is 5.79. The van der Waals surface area contributed by atoms with Gasteiger partial charge in [0, 0.05) is 17.1 Å². The number of benzene rings is 1. The summed E-state index contributed by atoms with van der Waals surface area (Å²) in [6, 6.07) is 4.86. The molecule has 5 nitrogen and oxygen atoms in total. The van der Waals surface area contributed by atoms with Crippen LogP contribution in [0.2, 0.25) is 0 Å². The maximum absolute atomic E-state index is 11.0. The van der Waals surface area contributed by atoms with E-state index in [0.717, 1.165) is 17.3 Å². The molecule has 21 heavy (non-hydrogen) atoms. The quantitative estimate of drug-likeness (QED) is 0.539. The number of nitro benzene ring substituents is 1. The molecule has 0 aromatic heterocycles. The zero-order chi connectivity index (χ0) is 16.0. The Bertz CT molecular complexity index is 480.